The molecular formula is C14H19FN2O5S. The van der Waals surface area contributed by atoms with Gasteiger partial charge in [0.1, 0.15) is 12.4 Å². The van der Waals surface area contributed by atoms with Crippen LogP contribution in [0.4, 0.5) is 10.1 Å². The Kier molecular flexibility index (Phi) is 6.08. The van der Waals surface area contributed by atoms with Gasteiger partial charge in [-0.15, -0.1) is 0 Å². The number of hydrogen-bond acceptors (Lipinski definition) is 4. The Morgan fingerprint density at radius 1 is 1.39 bits per heavy atom. The van der Waals surface area contributed by atoms with Gasteiger partial charge in [0.15, 0.2) is 0 Å². The number of carboxylic acid groups (broad SMARTS) is 1. The summed E-state index contributed by atoms with van der Waals surface area (Å²) in [4.78, 5) is 24.5. The Balaban J connectivity index is 3.19. The summed E-state index contributed by atoms with van der Waals surface area (Å²) in [5, 5.41) is 8.93. The molecule has 1 unspecified atom stereocenters. The zero-order valence-electron chi connectivity index (χ0n) is 13.0. The summed E-state index contributed by atoms with van der Waals surface area (Å²) in [6, 6.07) is 2.85. The fourth-order valence-electron chi connectivity index (χ4n) is 1.90. The van der Waals surface area contributed by atoms with Gasteiger partial charge in [-0.3, -0.25) is 14.3 Å². The number of hydrogen-bond donors (Lipinski definition) is 2. The Morgan fingerprint density at radius 2 is 2.00 bits per heavy atom. The molecular weight excluding hydrogens is 327 g/mol. The number of aliphatic carboxylic acids is 1. The van der Waals surface area contributed by atoms with Crippen LogP contribution in [0.5, 0.6) is 0 Å². The van der Waals surface area contributed by atoms with E-state index in [2.05, 4.69) is 0 Å². The molecule has 1 aromatic carbocycles. The van der Waals surface area contributed by atoms with Crippen LogP contribution in [0.1, 0.15) is 30.6 Å². The lowest BCUT2D eigenvalue weighted by Crippen LogP contribution is -2.41. The summed E-state index contributed by atoms with van der Waals surface area (Å²) < 4.78 is 38.1. The first-order valence-corrected chi connectivity index (χ1v) is 8.74. The van der Waals surface area contributed by atoms with Crippen molar-refractivity contribution in [3.8, 4) is 0 Å². The molecule has 2 N–H and O–H groups in total. The lowest BCUT2D eigenvalue weighted by molar-refractivity contribution is -0.138. The molecule has 1 amide bonds. The highest BCUT2D eigenvalue weighted by molar-refractivity contribution is 7.92. The van der Waals surface area contributed by atoms with Crippen LogP contribution in [-0.2, 0) is 14.8 Å². The van der Waals surface area contributed by atoms with E-state index in [0.717, 1.165) is 23.3 Å². The van der Waals surface area contributed by atoms with Crippen LogP contribution in [0.3, 0.4) is 0 Å². The number of halogens is 1. The van der Waals surface area contributed by atoms with Crippen molar-refractivity contribution in [2.24, 2.45) is 0 Å². The number of rotatable bonds is 7. The van der Waals surface area contributed by atoms with Gasteiger partial charge in [-0.25, -0.2) is 12.8 Å². The predicted octanol–water partition coefficient (Wildman–Crippen LogP) is 1.52. The van der Waals surface area contributed by atoms with E-state index in [1.165, 1.54) is 6.07 Å². The summed E-state index contributed by atoms with van der Waals surface area (Å²) in [5.41, 5.74) is -0.364. The summed E-state index contributed by atoms with van der Waals surface area (Å²) in [6.07, 6.45) is 1.39. The topological polar surface area (TPSA) is 104 Å². The third-order valence-corrected chi connectivity index (χ3v) is 3.79. The Labute approximate surface area is 134 Å². The van der Waals surface area contributed by atoms with E-state index in [-0.39, 0.29) is 17.3 Å². The molecule has 23 heavy (non-hydrogen) atoms. The van der Waals surface area contributed by atoms with Gasteiger partial charge in [-0.2, -0.15) is 0 Å². The van der Waals surface area contributed by atoms with E-state index in [9.17, 15) is 22.4 Å². The van der Waals surface area contributed by atoms with Gasteiger partial charge in [0, 0.05) is 11.6 Å². The van der Waals surface area contributed by atoms with Crippen LogP contribution < -0.4 is 4.72 Å². The van der Waals surface area contributed by atoms with Crippen LogP contribution in [-0.4, -0.2) is 49.1 Å². The average molecular weight is 346 g/mol. The van der Waals surface area contributed by atoms with Crippen LogP contribution >= 0.6 is 0 Å². The smallest absolute Gasteiger partial charge is 0.323 e. The first-order valence-electron chi connectivity index (χ1n) is 6.85. The maximum atomic E-state index is 13.7. The number of sulfonamides is 1. The Morgan fingerprint density at radius 3 is 2.48 bits per heavy atom. The van der Waals surface area contributed by atoms with Crippen molar-refractivity contribution in [2.45, 2.75) is 26.3 Å². The number of anilines is 1. The lowest BCUT2D eigenvalue weighted by atomic mass is 10.1. The van der Waals surface area contributed by atoms with Crippen molar-refractivity contribution in [1.82, 2.24) is 4.90 Å². The molecule has 0 fully saturated rings. The summed E-state index contributed by atoms with van der Waals surface area (Å²) in [5.74, 6) is -2.62. The highest BCUT2D eigenvalue weighted by atomic mass is 32.2. The maximum absolute atomic E-state index is 13.7. The minimum atomic E-state index is -3.71. The zero-order valence-corrected chi connectivity index (χ0v) is 13.9. The highest BCUT2D eigenvalue weighted by Crippen LogP contribution is 2.19. The predicted molar refractivity (Wildman–Crippen MR) is 83.3 cm³/mol. The van der Waals surface area contributed by atoms with E-state index in [4.69, 9.17) is 5.11 Å². The normalized spacial score (nSPS) is 12.5. The molecule has 9 heteroatoms. The third-order valence-electron chi connectivity index (χ3n) is 3.20. The van der Waals surface area contributed by atoms with Gasteiger partial charge in [0.25, 0.3) is 5.91 Å². The van der Waals surface area contributed by atoms with E-state index in [0.29, 0.717) is 6.42 Å². The summed E-state index contributed by atoms with van der Waals surface area (Å²) in [6.45, 7) is 2.99. The summed E-state index contributed by atoms with van der Waals surface area (Å²) >= 11 is 0. The average Bonchev–Trinajstić information content (AvgIpc) is 2.44. The molecule has 0 aromatic heterocycles. The van der Waals surface area contributed by atoms with Gasteiger partial charge >= 0.3 is 5.97 Å². The van der Waals surface area contributed by atoms with Gasteiger partial charge in [0.2, 0.25) is 10.0 Å². The molecule has 0 saturated carbocycles. The number of nitrogens with one attached hydrogen (secondary N) is 1. The van der Waals surface area contributed by atoms with E-state index >= 15 is 0 Å². The van der Waals surface area contributed by atoms with Crippen LogP contribution in [0.2, 0.25) is 0 Å². The second-order valence-corrected chi connectivity index (χ2v) is 6.90. The zero-order chi connectivity index (χ0) is 17.8. The van der Waals surface area contributed by atoms with E-state index in [1.54, 1.807) is 13.8 Å². The molecule has 1 aromatic rings. The van der Waals surface area contributed by atoms with Gasteiger partial charge < -0.3 is 10.0 Å². The number of amides is 1. The number of carbonyl (C=O) groups is 2. The number of carboxylic acids is 1. The molecule has 7 nitrogen and oxygen atoms in total. The van der Waals surface area contributed by atoms with Crippen molar-refractivity contribution in [3.05, 3.63) is 29.6 Å². The second-order valence-electron chi connectivity index (χ2n) is 5.15. The molecule has 0 saturated heterocycles. The summed E-state index contributed by atoms with van der Waals surface area (Å²) in [7, 11) is -3.71. The first kappa shape index (κ1) is 18.9. The molecule has 0 aliphatic carbocycles. The molecule has 0 radical (unpaired) electrons. The SMILES string of the molecule is CCC(C)N(CC(=O)O)C(=O)c1ccc(F)c(NS(C)(=O)=O)c1. The van der Waals surface area contributed by atoms with Gasteiger partial charge in [0.05, 0.1) is 11.9 Å². The monoisotopic (exact) mass is 346 g/mol. The van der Waals surface area contributed by atoms with Gasteiger partial charge in [-0.1, -0.05) is 6.92 Å². The largest absolute Gasteiger partial charge is 0.480 e. The number of carbonyl (C=O) groups excluding carboxylic acids is 1. The number of nitrogens with zero attached hydrogens (tertiary/aromatic N) is 1. The third kappa shape index (κ3) is 5.51. The van der Waals surface area contributed by atoms with E-state index < -0.39 is 34.3 Å². The van der Waals surface area contributed by atoms with Gasteiger partial charge in [-0.05, 0) is 31.5 Å². The molecule has 1 rings (SSSR count). The molecule has 0 aliphatic heterocycles. The fraction of sp³-hybridized carbons (Fsp3) is 0.429. The van der Waals surface area contributed by atoms with Crippen molar-refractivity contribution in [1.29, 1.82) is 0 Å². The van der Waals surface area contributed by atoms with Crippen LogP contribution in [0.25, 0.3) is 0 Å². The molecule has 128 valence electrons. The molecule has 0 spiro atoms. The van der Waals surface area contributed by atoms with Crippen LogP contribution in [0.15, 0.2) is 18.2 Å². The Bertz CT molecular complexity index is 705. The fourth-order valence-corrected chi connectivity index (χ4v) is 2.45. The number of benzene rings is 1. The Hall–Kier alpha value is -2.16. The van der Waals surface area contributed by atoms with Crippen molar-refractivity contribution >= 4 is 27.6 Å². The standard InChI is InChI=1S/C14H19FN2O5S/c1-4-9(2)17(8-13(18)19)14(20)10-5-6-11(15)12(7-10)16-23(3,21)22/h5-7,9,16H,4,8H2,1-3H3,(H,18,19). The van der Waals surface area contributed by atoms with Crippen molar-refractivity contribution in [3.63, 3.8) is 0 Å². The first-order chi connectivity index (χ1) is 10.5. The second kappa shape index (κ2) is 7.40. The molecule has 0 heterocycles. The van der Waals surface area contributed by atoms with E-state index in [1.807, 2.05) is 4.72 Å². The van der Waals surface area contributed by atoms with Crippen molar-refractivity contribution in [2.75, 3.05) is 17.5 Å². The quantitative estimate of drug-likeness (QED) is 0.779. The highest BCUT2D eigenvalue weighted by Gasteiger charge is 2.24. The maximum Gasteiger partial charge on any atom is 0.323 e. The molecule has 0 bridgehead atoms. The van der Waals surface area contributed by atoms with Crippen molar-refractivity contribution < 1.29 is 27.5 Å². The molecule has 1 atom stereocenters. The minimum Gasteiger partial charge on any atom is -0.480 e. The van der Waals surface area contributed by atoms with Crippen LogP contribution in [0, 0.1) is 5.82 Å². The lowest BCUT2D eigenvalue weighted by Gasteiger charge is -2.27. The minimum absolute atomic E-state index is 0.000833. The molecule has 0 aliphatic rings.